The molecule has 0 spiro atoms. The number of amides is 1. The zero-order chi connectivity index (χ0) is 17.3. The van der Waals surface area contributed by atoms with Crippen LogP contribution in [0.25, 0.3) is 0 Å². The Kier molecular flexibility index (Phi) is 5.18. The quantitative estimate of drug-likeness (QED) is 0.648. The smallest absolute Gasteiger partial charge is 0.258 e. The molecule has 0 atom stereocenters. The average Bonchev–Trinajstić information content (AvgIpc) is 3.02. The molecule has 1 heterocycles. The second kappa shape index (κ2) is 7.17. The first-order chi connectivity index (χ1) is 11.5. The SMILES string of the molecule is CSc1nc2c(c(=O)n1CC(=O)Nc1ccc(Cl)c(Cl)c1)CCC2. The van der Waals surface area contributed by atoms with Gasteiger partial charge in [0.2, 0.25) is 5.91 Å². The minimum absolute atomic E-state index is 0.0878. The van der Waals surface area contributed by atoms with Crippen molar-refractivity contribution >= 4 is 46.6 Å². The summed E-state index contributed by atoms with van der Waals surface area (Å²) >= 11 is 13.2. The average molecular weight is 384 g/mol. The summed E-state index contributed by atoms with van der Waals surface area (Å²) in [6.07, 6.45) is 4.33. The Morgan fingerprint density at radius 1 is 1.33 bits per heavy atom. The molecule has 0 saturated carbocycles. The highest BCUT2D eigenvalue weighted by Crippen LogP contribution is 2.25. The molecule has 5 nitrogen and oxygen atoms in total. The summed E-state index contributed by atoms with van der Waals surface area (Å²) in [6.45, 7) is -0.0878. The van der Waals surface area contributed by atoms with Crippen molar-refractivity contribution in [2.24, 2.45) is 0 Å². The maximum absolute atomic E-state index is 12.6. The molecule has 1 N–H and O–H groups in total. The van der Waals surface area contributed by atoms with Gasteiger partial charge in [0.1, 0.15) is 6.54 Å². The molecule has 0 bridgehead atoms. The maximum Gasteiger partial charge on any atom is 0.258 e. The van der Waals surface area contributed by atoms with Crippen LogP contribution in [0.1, 0.15) is 17.7 Å². The van der Waals surface area contributed by atoms with Crippen LogP contribution < -0.4 is 10.9 Å². The molecule has 3 rings (SSSR count). The number of fused-ring (bicyclic) bond motifs is 1. The number of hydrogen-bond acceptors (Lipinski definition) is 4. The van der Waals surface area contributed by atoms with Crippen molar-refractivity contribution in [3.05, 3.63) is 49.9 Å². The second-order valence-corrected chi connectivity index (χ2v) is 7.03. The van der Waals surface area contributed by atoms with Crippen LogP contribution in [-0.2, 0) is 24.2 Å². The summed E-state index contributed by atoms with van der Waals surface area (Å²) in [7, 11) is 0. The van der Waals surface area contributed by atoms with Crippen molar-refractivity contribution in [3.8, 4) is 0 Å². The van der Waals surface area contributed by atoms with Crippen LogP contribution in [0.15, 0.2) is 28.2 Å². The van der Waals surface area contributed by atoms with Crippen LogP contribution in [-0.4, -0.2) is 21.7 Å². The number of carbonyl (C=O) groups is 1. The van der Waals surface area contributed by atoms with Gasteiger partial charge in [-0.1, -0.05) is 35.0 Å². The fourth-order valence-electron chi connectivity index (χ4n) is 2.72. The Hall–Kier alpha value is -1.50. The second-order valence-electron chi connectivity index (χ2n) is 5.45. The number of rotatable bonds is 4. The van der Waals surface area contributed by atoms with Crippen molar-refractivity contribution < 1.29 is 4.79 Å². The number of halogens is 2. The standard InChI is InChI=1S/C16H15Cl2N3O2S/c1-24-16-20-13-4-2-3-10(13)15(23)21(16)8-14(22)19-9-5-6-11(17)12(18)7-9/h5-7H,2-4,8H2,1H3,(H,19,22). The number of nitrogens with one attached hydrogen (secondary N) is 1. The van der Waals surface area contributed by atoms with Gasteiger partial charge in [-0.3, -0.25) is 14.2 Å². The third-order valence-electron chi connectivity index (χ3n) is 3.84. The van der Waals surface area contributed by atoms with Crippen LogP contribution in [0.4, 0.5) is 5.69 Å². The van der Waals surface area contributed by atoms with Crippen LogP contribution >= 0.6 is 35.0 Å². The van der Waals surface area contributed by atoms with Gasteiger partial charge in [0.15, 0.2) is 5.16 Å². The zero-order valence-corrected chi connectivity index (χ0v) is 15.3. The molecular weight excluding hydrogens is 369 g/mol. The highest BCUT2D eigenvalue weighted by Gasteiger charge is 2.21. The predicted molar refractivity (Wildman–Crippen MR) is 97.4 cm³/mol. The van der Waals surface area contributed by atoms with Gasteiger partial charge in [0.05, 0.1) is 15.7 Å². The van der Waals surface area contributed by atoms with E-state index < -0.39 is 0 Å². The van der Waals surface area contributed by atoms with Crippen molar-refractivity contribution in [1.29, 1.82) is 0 Å². The van der Waals surface area contributed by atoms with Gasteiger partial charge in [-0.2, -0.15) is 0 Å². The number of carbonyl (C=O) groups excluding carboxylic acids is 1. The number of hydrogen-bond donors (Lipinski definition) is 1. The largest absolute Gasteiger partial charge is 0.324 e. The van der Waals surface area contributed by atoms with E-state index >= 15 is 0 Å². The van der Waals surface area contributed by atoms with Crippen molar-refractivity contribution in [3.63, 3.8) is 0 Å². The lowest BCUT2D eigenvalue weighted by Crippen LogP contribution is -2.31. The Labute approximate surface area is 153 Å². The van der Waals surface area contributed by atoms with E-state index in [-0.39, 0.29) is 18.0 Å². The van der Waals surface area contributed by atoms with E-state index in [4.69, 9.17) is 23.2 Å². The van der Waals surface area contributed by atoms with Crippen LogP contribution in [0.3, 0.4) is 0 Å². The third kappa shape index (κ3) is 3.45. The molecule has 126 valence electrons. The molecule has 0 radical (unpaired) electrons. The van der Waals surface area contributed by atoms with Crippen LogP contribution in [0.2, 0.25) is 10.0 Å². The molecule has 0 saturated heterocycles. The van der Waals surface area contributed by atoms with E-state index in [1.54, 1.807) is 18.2 Å². The molecule has 1 aliphatic carbocycles. The normalized spacial score (nSPS) is 13.0. The first-order valence-corrected chi connectivity index (χ1v) is 9.39. The number of anilines is 1. The number of aromatic nitrogens is 2. The van der Waals surface area contributed by atoms with Crippen LogP contribution in [0, 0.1) is 0 Å². The molecule has 0 aliphatic heterocycles. The molecule has 0 fully saturated rings. The maximum atomic E-state index is 12.6. The summed E-state index contributed by atoms with van der Waals surface area (Å²) in [6, 6.07) is 4.84. The van der Waals surface area contributed by atoms with Crippen molar-refractivity contribution in [2.75, 3.05) is 11.6 Å². The summed E-state index contributed by atoms with van der Waals surface area (Å²) in [5.41, 5.74) is 2.01. The molecule has 8 heteroatoms. The minimum atomic E-state index is -0.314. The summed E-state index contributed by atoms with van der Waals surface area (Å²) in [5, 5.41) is 4.06. The van der Waals surface area contributed by atoms with Gasteiger partial charge in [-0.05, 0) is 43.7 Å². The molecule has 1 amide bonds. The van der Waals surface area contributed by atoms with Crippen LogP contribution in [0.5, 0.6) is 0 Å². The predicted octanol–water partition coefficient (Wildman–Crippen LogP) is 3.40. The third-order valence-corrected chi connectivity index (χ3v) is 5.26. The molecule has 0 unspecified atom stereocenters. The van der Waals surface area contributed by atoms with Crippen molar-refractivity contribution in [1.82, 2.24) is 9.55 Å². The van der Waals surface area contributed by atoms with Gasteiger partial charge in [-0.25, -0.2) is 4.98 Å². The van der Waals surface area contributed by atoms with E-state index in [0.29, 0.717) is 20.9 Å². The van der Waals surface area contributed by atoms with E-state index in [2.05, 4.69) is 10.3 Å². The number of aryl methyl sites for hydroxylation is 1. The molecule has 1 aliphatic rings. The van der Waals surface area contributed by atoms with Gasteiger partial charge in [0.25, 0.3) is 5.56 Å². The highest BCUT2D eigenvalue weighted by atomic mass is 35.5. The molecule has 1 aromatic carbocycles. The lowest BCUT2D eigenvalue weighted by Gasteiger charge is -2.13. The number of nitrogens with zero attached hydrogens (tertiary/aromatic N) is 2. The topological polar surface area (TPSA) is 64.0 Å². The van der Waals surface area contributed by atoms with E-state index in [9.17, 15) is 9.59 Å². The Bertz CT molecular complexity index is 867. The summed E-state index contributed by atoms with van der Waals surface area (Å²) in [5.74, 6) is -0.314. The molecule has 2 aromatic rings. The number of thioether (sulfide) groups is 1. The fraction of sp³-hybridized carbons (Fsp3) is 0.312. The molecular formula is C16H15Cl2N3O2S. The molecule has 24 heavy (non-hydrogen) atoms. The van der Waals surface area contributed by atoms with E-state index in [1.807, 2.05) is 6.26 Å². The van der Waals surface area contributed by atoms with Crippen molar-refractivity contribution in [2.45, 2.75) is 31.0 Å². The Morgan fingerprint density at radius 2 is 2.12 bits per heavy atom. The lowest BCUT2D eigenvalue weighted by molar-refractivity contribution is -0.116. The zero-order valence-electron chi connectivity index (χ0n) is 12.9. The van der Waals surface area contributed by atoms with E-state index in [1.165, 1.54) is 16.3 Å². The van der Waals surface area contributed by atoms with Gasteiger partial charge < -0.3 is 5.32 Å². The minimum Gasteiger partial charge on any atom is -0.324 e. The first-order valence-electron chi connectivity index (χ1n) is 7.41. The van der Waals surface area contributed by atoms with Gasteiger partial charge in [-0.15, -0.1) is 0 Å². The van der Waals surface area contributed by atoms with E-state index in [0.717, 1.165) is 30.5 Å². The summed E-state index contributed by atoms with van der Waals surface area (Å²) in [4.78, 5) is 29.5. The Morgan fingerprint density at radius 3 is 2.83 bits per heavy atom. The lowest BCUT2D eigenvalue weighted by atomic mass is 10.2. The molecule has 1 aromatic heterocycles. The van der Waals surface area contributed by atoms with Gasteiger partial charge in [0, 0.05) is 11.3 Å². The Balaban J connectivity index is 1.84. The highest BCUT2D eigenvalue weighted by molar-refractivity contribution is 7.98. The monoisotopic (exact) mass is 383 g/mol. The summed E-state index contributed by atoms with van der Waals surface area (Å²) < 4.78 is 1.43. The van der Waals surface area contributed by atoms with Gasteiger partial charge >= 0.3 is 0 Å². The fourth-order valence-corrected chi connectivity index (χ4v) is 3.59. The number of benzene rings is 1. The first kappa shape index (κ1) is 17.3.